The van der Waals surface area contributed by atoms with Crippen LogP contribution in [0, 0.1) is 0 Å². The fourth-order valence-corrected chi connectivity index (χ4v) is 3.28. The Balaban J connectivity index is 2.18. The topological polar surface area (TPSA) is 86.7 Å². The van der Waals surface area contributed by atoms with Crippen molar-refractivity contribution in [1.82, 2.24) is 0 Å². The third kappa shape index (κ3) is 4.45. The van der Waals surface area contributed by atoms with Crippen molar-refractivity contribution in [2.24, 2.45) is 0 Å². The Morgan fingerprint density at radius 2 is 1.72 bits per heavy atom. The predicted molar refractivity (Wildman–Crippen MR) is 91.1 cm³/mol. The van der Waals surface area contributed by atoms with Gasteiger partial charge in [-0.2, -0.15) is 0 Å². The molecule has 0 atom stereocenters. The number of sulfone groups is 1. The first kappa shape index (κ1) is 18.7. The number of hydrogen-bond acceptors (Lipinski definition) is 6. The van der Waals surface area contributed by atoms with Crippen molar-refractivity contribution in [3.63, 3.8) is 0 Å². The second-order valence-electron chi connectivity index (χ2n) is 5.17. The molecular formula is C18H18O6S. The maximum Gasteiger partial charge on any atom is 0.339 e. The highest BCUT2D eigenvalue weighted by molar-refractivity contribution is 7.91. The van der Waals surface area contributed by atoms with Crippen molar-refractivity contribution < 1.29 is 27.5 Å². The van der Waals surface area contributed by atoms with Gasteiger partial charge in [-0.05, 0) is 29.8 Å². The Hall–Kier alpha value is -2.67. The van der Waals surface area contributed by atoms with E-state index in [1.807, 2.05) is 0 Å². The standard InChI is InChI=1S/C18H18O6S/c1-3-25(21,22)16-10-5-4-9-15(16)18(20)24-12-13-7-6-8-14(11-13)17(19)23-2/h4-11H,3,12H2,1-2H3. The Morgan fingerprint density at radius 1 is 1.00 bits per heavy atom. The molecule has 0 saturated heterocycles. The van der Waals surface area contributed by atoms with E-state index in [9.17, 15) is 18.0 Å². The van der Waals surface area contributed by atoms with Crippen LogP contribution in [-0.4, -0.2) is 33.2 Å². The van der Waals surface area contributed by atoms with Crippen molar-refractivity contribution in [3.05, 3.63) is 65.2 Å². The van der Waals surface area contributed by atoms with Crippen LogP contribution < -0.4 is 0 Å². The third-order valence-electron chi connectivity index (χ3n) is 3.54. The Kier molecular flexibility index (Phi) is 5.93. The molecule has 25 heavy (non-hydrogen) atoms. The molecule has 6 nitrogen and oxygen atoms in total. The average molecular weight is 362 g/mol. The largest absolute Gasteiger partial charge is 0.465 e. The summed E-state index contributed by atoms with van der Waals surface area (Å²) < 4.78 is 34.0. The van der Waals surface area contributed by atoms with Crippen LogP contribution in [0.1, 0.15) is 33.2 Å². The first-order valence-corrected chi connectivity index (χ1v) is 9.20. The summed E-state index contributed by atoms with van der Waals surface area (Å²) in [5, 5.41) is 0. The summed E-state index contributed by atoms with van der Waals surface area (Å²) in [6.07, 6.45) is 0. The second-order valence-corrected chi connectivity index (χ2v) is 7.41. The van der Waals surface area contributed by atoms with Gasteiger partial charge in [0, 0.05) is 0 Å². The molecule has 0 fully saturated rings. The lowest BCUT2D eigenvalue weighted by Crippen LogP contribution is -2.13. The molecule has 132 valence electrons. The zero-order valence-corrected chi connectivity index (χ0v) is 14.7. The molecule has 0 heterocycles. The molecule has 7 heteroatoms. The lowest BCUT2D eigenvalue weighted by atomic mass is 10.1. The minimum atomic E-state index is -3.54. The summed E-state index contributed by atoms with van der Waals surface area (Å²) in [7, 11) is -2.26. The maximum absolute atomic E-state index is 12.3. The summed E-state index contributed by atoms with van der Waals surface area (Å²) in [4.78, 5) is 23.8. The molecule has 0 radical (unpaired) electrons. The number of hydrogen-bond donors (Lipinski definition) is 0. The van der Waals surface area contributed by atoms with E-state index in [0.29, 0.717) is 11.1 Å². The van der Waals surface area contributed by atoms with Crippen LogP contribution in [0.5, 0.6) is 0 Å². The Morgan fingerprint density at radius 3 is 2.40 bits per heavy atom. The second kappa shape index (κ2) is 7.94. The molecule has 2 aromatic rings. The van der Waals surface area contributed by atoms with Crippen LogP contribution in [0.3, 0.4) is 0 Å². The molecule has 0 N–H and O–H groups in total. The quantitative estimate of drug-likeness (QED) is 0.734. The molecule has 0 unspecified atom stereocenters. The fourth-order valence-electron chi connectivity index (χ4n) is 2.19. The molecule has 0 amide bonds. The van der Waals surface area contributed by atoms with Gasteiger partial charge < -0.3 is 9.47 Å². The van der Waals surface area contributed by atoms with Crippen LogP contribution in [0.25, 0.3) is 0 Å². The third-order valence-corrected chi connectivity index (χ3v) is 5.33. The molecule has 0 saturated carbocycles. The summed E-state index contributed by atoms with van der Waals surface area (Å²) in [6, 6.07) is 12.4. The van der Waals surface area contributed by atoms with Gasteiger partial charge in [-0.3, -0.25) is 0 Å². The van der Waals surface area contributed by atoms with E-state index in [1.54, 1.807) is 36.4 Å². The molecular weight excluding hydrogens is 344 g/mol. The summed E-state index contributed by atoms with van der Waals surface area (Å²) >= 11 is 0. The van der Waals surface area contributed by atoms with E-state index in [-0.39, 0.29) is 22.8 Å². The van der Waals surface area contributed by atoms with Gasteiger partial charge in [-0.15, -0.1) is 0 Å². The minimum Gasteiger partial charge on any atom is -0.465 e. The molecule has 0 aliphatic heterocycles. The van der Waals surface area contributed by atoms with E-state index < -0.39 is 21.8 Å². The lowest BCUT2D eigenvalue weighted by Gasteiger charge is -2.10. The van der Waals surface area contributed by atoms with E-state index in [0.717, 1.165) is 0 Å². The number of carbonyl (C=O) groups is 2. The van der Waals surface area contributed by atoms with E-state index >= 15 is 0 Å². The van der Waals surface area contributed by atoms with E-state index in [1.165, 1.54) is 26.2 Å². The van der Waals surface area contributed by atoms with Crippen LogP contribution >= 0.6 is 0 Å². The molecule has 0 aromatic heterocycles. The molecule has 0 aliphatic rings. The van der Waals surface area contributed by atoms with Gasteiger partial charge in [-0.1, -0.05) is 31.2 Å². The summed E-state index contributed by atoms with van der Waals surface area (Å²) in [6.45, 7) is 1.42. The van der Waals surface area contributed by atoms with Crippen LogP contribution in [0.2, 0.25) is 0 Å². The normalized spacial score (nSPS) is 11.0. The van der Waals surface area contributed by atoms with E-state index in [2.05, 4.69) is 4.74 Å². The zero-order valence-electron chi connectivity index (χ0n) is 13.9. The SMILES string of the molecule is CCS(=O)(=O)c1ccccc1C(=O)OCc1cccc(C(=O)OC)c1. The highest BCUT2D eigenvalue weighted by atomic mass is 32.2. The van der Waals surface area contributed by atoms with Gasteiger partial charge in [0.15, 0.2) is 9.84 Å². The first-order valence-electron chi connectivity index (χ1n) is 7.55. The van der Waals surface area contributed by atoms with Gasteiger partial charge >= 0.3 is 11.9 Å². The number of methoxy groups -OCH3 is 1. The number of rotatable bonds is 6. The first-order chi connectivity index (χ1) is 11.9. The van der Waals surface area contributed by atoms with Crippen molar-refractivity contribution in [1.29, 1.82) is 0 Å². The van der Waals surface area contributed by atoms with Crippen LogP contribution in [-0.2, 0) is 25.9 Å². The molecule has 0 spiro atoms. The molecule has 0 aliphatic carbocycles. The lowest BCUT2D eigenvalue weighted by molar-refractivity contribution is 0.0468. The van der Waals surface area contributed by atoms with Gasteiger partial charge in [0.05, 0.1) is 28.9 Å². The number of esters is 2. The average Bonchev–Trinajstić information content (AvgIpc) is 2.65. The summed E-state index contributed by atoms with van der Waals surface area (Å²) in [5.41, 5.74) is 0.922. The maximum atomic E-state index is 12.3. The van der Waals surface area contributed by atoms with Gasteiger partial charge in [0.1, 0.15) is 6.61 Å². The zero-order chi connectivity index (χ0) is 18.4. The Bertz CT molecular complexity index is 886. The number of benzene rings is 2. The van der Waals surface area contributed by atoms with Gasteiger partial charge in [-0.25, -0.2) is 18.0 Å². The highest BCUT2D eigenvalue weighted by Crippen LogP contribution is 2.19. The van der Waals surface area contributed by atoms with Crippen molar-refractivity contribution in [3.8, 4) is 0 Å². The summed E-state index contributed by atoms with van der Waals surface area (Å²) in [5.74, 6) is -1.35. The van der Waals surface area contributed by atoms with Crippen LogP contribution in [0.4, 0.5) is 0 Å². The molecule has 0 bridgehead atoms. The molecule has 2 aromatic carbocycles. The fraction of sp³-hybridized carbons (Fsp3) is 0.222. The highest BCUT2D eigenvalue weighted by Gasteiger charge is 2.21. The van der Waals surface area contributed by atoms with Crippen molar-refractivity contribution >= 4 is 21.8 Å². The predicted octanol–water partition coefficient (Wildman–Crippen LogP) is 2.62. The number of carbonyl (C=O) groups excluding carboxylic acids is 2. The molecule has 2 rings (SSSR count). The minimum absolute atomic E-state index is 0.00604. The van der Waals surface area contributed by atoms with Crippen molar-refractivity contribution in [2.45, 2.75) is 18.4 Å². The smallest absolute Gasteiger partial charge is 0.339 e. The van der Waals surface area contributed by atoms with E-state index in [4.69, 9.17) is 4.74 Å². The van der Waals surface area contributed by atoms with Crippen molar-refractivity contribution in [2.75, 3.05) is 12.9 Å². The number of ether oxygens (including phenoxy) is 2. The van der Waals surface area contributed by atoms with Crippen LogP contribution in [0.15, 0.2) is 53.4 Å². The van der Waals surface area contributed by atoms with Gasteiger partial charge in [0.25, 0.3) is 0 Å². The van der Waals surface area contributed by atoms with Gasteiger partial charge in [0.2, 0.25) is 0 Å². The monoisotopic (exact) mass is 362 g/mol. The Labute approximate surface area is 146 Å².